The van der Waals surface area contributed by atoms with Crippen molar-refractivity contribution in [2.45, 2.75) is 29.6 Å². The van der Waals surface area contributed by atoms with Gasteiger partial charge in [0.2, 0.25) is 10.0 Å². The number of sulfonamides is 2. The number of anilines is 1. The van der Waals surface area contributed by atoms with Crippen LogP contribution in [0.25, 0.3) is 0 Å². The number of rotatable bonds is 5. The molecule has 0 spiro atoms. The summed E-state index contributed by atoms with van der Waals surface area (Å²) in [6.45, 7) is 2.40. The first-order valence-corrected chi connectivity index (χ1v) is 11.0. The number of aryl methyl sites for hydroxylation is 1. The van der Waals surface area contributed by atoms with Gasteiger partial charge in [0.1, 0.15) is 5.82 Å². The first kappa shape index (κ1) is 18.8. The predicted octanol–water partition coefficient (Wildman–Crippen LogP) is 2.72. The Morgan fingerprint density at radius 1 is 0.962 bits per heavy atom. The van der Waals surface area contributed by atoms with Crippen LogP contribution in [0, 0.1) is 12.7 Å². The molecule has 0 aliphatic carbocycles. The molecule has 0 bridgehead atoms. The standard InChI is InChI=1S/C17H19FN2O4S2/c1-13-11-15(7-8-17(13)18)25(21,22)19-14-5-4-6-16(12-14)26(23,24)20-9-2-3-10-20/h4-8,11-12,19H,2-3,9-10H2,1H3. The lowest BCUT2D eigenvalue weighted by Crippen LogP contribution is -2.27. The molecule has 3 rings (SSSR count). The molecular formula is C17H19FN2O4S2. The first-order chi connectivity index (χ1) is 12.2. The molecule has 0 unspecified atom stereocenters. The molecule has 0 saturated carbocycles. The molecule has 6 nitrogen and oxygen atoms in total. The van der Waals surface area contributed by atoms with E-state index in [0.29, 0.717) is 13.1 Å². The third-order valence-corrected chi connectivity index (χ3v) is 7.50. The number of hydrogen-bond acceptors (Lipinski definition) is 4. The van der Waals surface area contributed by atoms with Crippen LogP contribution in [0.2, 0.25) is 0 Å². The zero-order valence-electron chi connectivity index (χ0n) is 14.1. The number of hydrogen-bond donors (Lipinski definition) is 1. The summed E-state index contributed by atoms with van der Waals surface area (Å²) in [6, 6.07) is 9.15. The average molecular weight is 398 g/mol. The molecule has 1 N–H and O–H groups in total. The highest BCUT2D eigenvalue weighted by molar-refractivity contribution is 7.92. The molecule has 0 atom stereocenters. The average Bonchev–Trinajstić information content (AvgIpc) is 3.12. The first-order valence-electron chi connectivity index (χ1n) is 8.09. The summed E-state index contributed by atoms with van der Waals surface area (Å²) in [7, 11) is -7.60. The molecule has 140 valence electrons. The Balaban J connectivity index is 1.89. The molecule has 2 aromatic carbocycles. The summed E-state index contributed by atoms with van der Waals surface area (Å²) < 4.78 is 67.3. The Kier molecular flexibility index (Phi) is 5.05. The highest BCUT2D eigenvalue weighted by Gasteiger charge is 2.27. The molecule has 1 heterocycles. The van der Waals surface area contributed by atoms with Crippen LogP contribution in [0.15, 0.2) is 52.3 Å². The van der Waals surface area contributed by atoms with Crippen LogP contribution in [0.1, 0.15) is 18.4 Å². The van der Waals surface area contributed by atoms with Crippen LogP contribution < -0.4 is 4.72 Å². The van der Waals surface area contributed by atoms with Crippen molar-refractivity contribution in [1.29, 1.82) is 0 Å². The van der Waals surface area contributed by atoms with Gasteiger partial charge in [-0.15, -0.1) is 0 Å². The molecule has 1 fully saturated rings. The summed E-state index contributed by atoms with van der Waals surface area (Å²) in [5, 5.41) is 0. The lowest BCUT2D eigenvalue weighted by Gasteiger charge is -2.16. The van der Waals surface area contributed by atoms with Crippen molar-refractivity contribution in [3.63, 3.8) is 0 Å². The summed E-state index contributed by atoms with van der Waals surface area (Å²) in [5.74, 6) is -0.498. The van der Waals surface area contributed by atoms with E-state index in [1.165, 1.54) is 41.6 Å². The minimum atomic E-state index is -3.96. The summed E-state index contributed by atoms with van der Waals surface area (Å²) in [6.07, 6.45) is 1.63. The zero-order valence-corrected chi connectivity index (χ0v) is 15.8. The third-order valence-electron chi connectivity index (χ3n) is 4.23. The number of halogens is 1. The second-order valence-electron chi connectivity index (χ2n) is 6.16. The van der Waals surface area contributed by atoms with Gasteiger partial charge in [-0.3, -0.25) is 4.72 Å². The maximum Gasteiger partial charge on any atom is 0.261 e. The van der Waals surface area contributed by atoms with Crippen LogP contribution in [-0.2, 0) is 20.0 Å². The quantitative estimate of drug-likeness (QED) is 0.839. The van der Waals surface area contributed by atoms with Gasteiger partial charge in [-0.25, -0.2) is 21.2 Å². The molecule has 0 amide bonds. The molecule has 1 aliphatic heterocycles. The number of nitrogens with one attached hydrogen (secondary N) is 1. The third kappa shape index (κ3) is 3.74. The van der Waals surface area contributed by atoms with E-state index in [-0.39, 0.29) is 21.0 Å². The van der Waals surface area contributed by atoms with Crippen LogP contribution >= 0.6 is 0 Å². The molecule has 1 saturated heterocycles. The molecule has 0 radical (unpaired) electrons. The molecule has 0 aromatic heterocycles. The van der Waals surface area contributed by atoms with Gasteiger partial charge in [0, 0.05) is 13.1 Å². The molecule has 9 heteroatoms. The largest absolute Gasteiger partial charge is 0.280 e. The van der Waals surface area contributed by atoms with E-state index in [1.54, 1.807) is 0 Å². The van der Waals surface area contributed by atoms with E-state index >= 15 is 0 Å². The lowest BCUT2D eigenvalue weighted by atomic mass is 10.2. The molecule has 1 aliphatic rings. The Hall–Kier alpha value is -1.97. The van der Waals surface area contributed by atoms with Gasteiger partial charge < -0.3 is 0 Å². The number of nitrogens with zero attached hydrogens (tertiary/aromatic N) is 1. The predicted molar refractivity (Wildman–Crippen MR) is 96.4 cm³/mol. The van der Waals surface area contributed by atoms with Crippen LogP contribution in [-0.4, -0.2) is 34.2 Å². The Labute approximate surface area is 152 Å². The maximum absolute atomic E-state index is 13.4. The van der Waals surface area contributed by atoms with Crippen LogP contribution in [0.3, 0.4) is 0 Å². The summed E-state index contributed by atoms with van der Waals surface area (Å²) in [4.78, 5) is -0.0564. The van der Waals surface area contributed by atoms with Crippen molar-refractivity contribution in [3.05, 3.63) is 53.8 Å². The highest BCUT2D eigenvalue weighted by Crippen LogP contribution is 2.25. The van der Waals surface area contributed by atoms with Gasteiger partial charge in [-0.1, -0.05) is 6.07 Å². The van der Waals surface area contributed by atoms with Crippen molar-refractivity contribution < 1.29 is 21.2 Å². The van der Waals surface area contributed by atoms with Gasteiger partial charge >= 0.3 is 0 Å². The SMILES string of the molecule is Cc1cc(S(=O)(=O)Nc2cccc(S(=O)(=O)N3CCCC3)c2)ccc1F. The minimum absolute atomic E-state index is 0.0369. The summed E-state index contributed by atoms with van der Waals surface area (Å²) in [5.41, 5.74) is 0.338. The number of benzene rings is 2. The normalized spacial score (nSPS) is 15.9. The van der Waals surface area contributed by atoms with Crippen LogP contribution in [0.5, 0.6) is 0 Å². The monoisotopic (exact) mass is 398 g/mol. The summed E-state index contributed by atoms with van der Waals surface area (Å²) >= 11 is 0. The zero-order chi connectivity index (χ0) is 18.9. The Morgan fingerprint density at radius 3 is 2.31 bits per heavy atom. The smallest absolute Gasteiger partial charge is 0.261 e. The highest BCUT2D eigenvalue weighted by atomic mass is 32.2. The lowest BCUT2D eigenvalue weighted by molar-refractivity contribution is 0.477. The van der Waals surface area contributed by atoms with Crippen molar-refractivity contribution in [1.82, 2.24) is 4.31 Å². The van der Waals surface area contributed by atoms with Gasteiger partial charge in [-0.05, 0) is 61.7 Å². The molecule has 26 heavy (non-hydrogen) atoms. The van der Waals surface area contributed by atoms with E-state index in [9.17, 15) is 21.2 Å². The van der Waals surface area contributed by atoms with Gasteiger partial charge in [0.05, 0.1) is 15.5 Å². The van der Waals surface area contributed by atoms with Gasteiger partial charge in [0.25, 0.3) is 10.0 Å². The van der Waals surface area contributed by atoms with E-state index in [0.717, 1.165) is 25.0 Å². The fourth-order valence-electron chi connectivity index (χ4n) is 2.80. The van der Waals surface area contributed by atoms with Gasteiger partial charge in [-0.2, -0.15) is 4.31 Å². The van der Waals surface area contributed by atoms with E-state index in [2.05, 4.69) is 4.72 Å². The Morgan fingerprint density at radius 2 is 1.65 bits per heavy atom. The van der Waals surface area contributed by atoms with Crippen molar-refractivity contribution in [3.8, 4) is 0 Å². The topological polar surface area (TPSA) is 83.5 Å². The van der Waals surface area contributed by atoms with Crippen molar-refractivity contribution in [2.24, 2.45) is 0 Å². The van der Waals surface area contributed by atoms with E-state index in [4.69, 9.17) is 0 Å². The second kappa shape index (κ2) is 6.98. The fourth-order valence-corrected chi connectivity index (χ4v) is 5.49. The molecule has 2 aromatic rings. The van der Waals surface area contributed by atoms with E-state index in [1.807, 2.05) is 0 Å². The van der Waals surface area contributed by atoms with Crippen molar-refractivity contribution >= 4 is 25.7 Å². The molecular weight excluding hydrogens is 379 g/mol. The van der Waals surface area contributed by atoms with Crippen molar-refractivity contribution in [2.75, 3.05) is 17.8 Å². The second-order valence-corrected chi connectivity index (χ2v) is 9.78. The maximum atomic E-state index is 13.4. The van der Waals surface area contributed by atoms with E-state index < -0.39 is 25.9 Å². The fraction of sp³-hybridized carbons (Fsp3) is 0.294. The minimum Gasteiger partial charge on any atom is -0.280 e. The van der Waals surface area contributed by atoms with Gasteiger partial charge in [0.15, 0.2) is 0 Å². The Bertz CT molecular complexity index is 1030. The van der Waals surface area contributed by atoms with Crippen LogP contribution in [0.4, 0.5) is 10.1 Å².